The monoisotopic (exact) mass is 290 g/mol. The number of thiophene rings is 1. The molecular formula is C15H15ClN2S. The van der Waals surface area contributed by atoms with Crippen LogP contribution in [0.5, 0.6) is 0 Å². The largest absolute Gasteiger partial charge is 0.315 e. The Labute approximate surface area is 122 Å². The molecule has 1 N–H and O–H groups in total. The number of nitrogens with one attached hydrogen (secondary N) is 1. The maximum Gasteiger partial charge on any atom is 0.0931 e. The normalized spacial score (nSPS) is 12.0. The van der Waals surface area contributed by atoms with Gasteiger partial charge < -0.3 is 5.32 Å². The fraction of sp³-hybridized carbons (Fsp3) is 0.267. The van der Waals surface area contributed by atoms with Crippen LogP contribution in [0.4, 0.5) is 0 Å². The van der Waals surface area contributed by atoms with Crippen molar-refractivity contribution in [2.24, 2.45) is 0 Å². The summed E-state index contributed by atoms with van der Waals surface area (Å²) in [7, 11) is 0. The molecule has 0 saturated carbocycles. The van der Waals surface area contributed by atoms with E-state index in [-0.39, 0.29) is 5.92 Å². The molecule has 0 aliphatic rings. The number of halogens is 1. The highest BCUT2D eigenvalue weighted by molar-refractivity contribution is 7.16. The summed E-state index contributed by atoms with van der Waals surface area (Å²) in [5.41, 5.74) is 1.07. The number of rotatable bonds is 6. The van der Waals surface area contributed by atoms with Gasteiger partial charge >= 0.3 is 0 Å². The molecule has 4 heteroatoms. The summed E-state index contributed by atoms with van der Waals surface area (Å²) in [6.45, 7) is 1.54. The average Bonchev–Trinajstić information content (AvgIpc) is 2.86. The Morgan fingerprint density at radius 2 is 2.00 bits per heavy atom. The zero-order valence-electron chi connectivity index (χ0n) is 10.5. The number of nitriles is 1. The minimum Gasteiger partial charge on any atom is -0.315 e. The van der Waals surface area contributed by atoms with Crippen molar-refractivity contribution in [1.29, 1.82) is 5.26 Å². The molecule has 2 nitrogen and oxygen atoms in total. The molecule has 0 fully saturated rings. The Morgan fingerprint density at radius 1 is 1.21 bits per heavy atom. The van der Waals surface area contributed by atoms with Crippen molar-refractivity contribution in [2.75, 3.05) is 13.1 Å². The Morgan fingerprint density at radius 3 is 2.63 bits per heavy atom. The van der Waals surface area contributed by atoms with E-state index >= 15 is 0 Å². The van der Waals surface area contributed by atoms with Gasteiger partial charge in [0.1, 0.15) is 0 Å². The summed E-state index contributed by atoms with van der Waals surface area (Å²) in [5.74, 6) is -0.0897. The summed E-state index contributed by atoms with van der Waals surface area (Å²) < 4.78 is 0.828. The van der Waals surface area contributed by atoms with Crippen LogP contribution in [0.3, 0.4) is 0 Å². The lowest BCUT2D eigenvalue weighted by Crippen LogP contribution is -2.23. The maximum atomic E-state index is 9.19. The molecule has 98 valence electrons. The van der Waals surface area contributed by atoms with Gasteiger partial charge in [0, 0.05) is 18.0 Å². The molecule has 1 aromatic heterocycles. The summed E-state index contributed by atoms with van der Waals surface area (Å²) >= 11 is 7.49. The van der Waals surface area contributed by atoms with Gasteiger partial charge in [0.2, 0.25) is 0 Å². The van der Waals surface area contributed by atoms with Crippen LogP contribution in [0.15, 0.2) is 42.5 Å². The van der Waals surface area contributed by atoms with E-state index in [1.54, 1.807) is 11.3 Å². The molecule has 0 spiro atoms. The third kappa shape index (κ3) is 4.36. The molecular weight excluding hydrogens is 276 g/mol. The summed E-state index contributed by atoms with van der Waals surface area (Å²) in [6.07, 6.45) is 0.949. The molecule has 0 radical (unpaired) electrons. The van der Waals surface area contributed by atoms with E-state index in [9.17, 15) is 5.26 Å². The van der Waals surface area contributed by atoms with Gasteiger partial charge in [0.25, 0.3) is 0 Å². The van der Waals surface area contributed by atoms with Crippen LogP contribution in [0.2, 0.25) is 4.34 Å². The van der Waals surface area contributed by atoms with E-state index in [1.165, 1.54) is 4.88 Å². The van der Waals surface area contributed by atoms with Crippen molar-refractivity contribution in [2.45, 2.75) is 12.3 Å². The minimum absolute atomic E-state index is 0.0897. The van der Waals surface area contributed by atoms with Gasteiger partial charge in [-0.25, -0.2) is 0 Å². The van der Waals surface area contributed by atoms with Gasteiger partial charge in [0.15, 0.2) is 0 Å². The fourth-order valence-electron chi connectivity index (χ4n) is 1.87. The average molecular weight is 291 g/mol. The van der Waals surface area contributed by atoms with Gasteiger partial charge in [-0.3, -0.25) is 0 Å². The van der Waals surface area contributed by atoms with Gasteiger partial charge in [-0.2, -0.15) is 5.26 Å². The molecule has 0 amide bonds. The first-order chi connectivity index (χ1) is 9.29. The number of hydrogen-bond donors (Lipinski definition) is 1. The van der Waals surface area contributed by atoms with Gasteiger partial charge in [-0.1, -0.05) is 41.9 Å². The number of nitrogens with zero attached hydrogens (tertiary/aromatic N) is 1. The minimum atomic E-state index is -0.0897. The first-order valence-electron chi connectivity index (χ1n) is 6.19. The van der Waals surface area contributed by atoms with Gasteiger partial charge in [-0.05, 0) is 24.1 Å². The predicted molar refractivity (Wildman–Crippen MR) is 80.7 cm³/mol. The lowest BCUT2D eigenvalue weighted by Gasteiger charge is -2.10. The Kier molecular flexibility index (Phi) is 5.41. The SMILES string of the molecule is N#CC(CNCCc1ccc(Cl)s1)c1ccccc1. The van der Waals surface area contributed by atoms with E-state index in [0.717, 1.165) is 22.9 Å². The maximum absolute atomic E-state index is 9.19. The van der Waals surface area contributed by atoms with Crippen molar-refractivity contribution in [3.8, 4) is 6.07 Å². The van der Waals surface area contributed by atoms with Crippen molar-refractivity contribution >= 4 is 22.9 Å². The van der Waals surface area contributed by atoms with Crippen LogP contribution in [0.1, 0.15) is 16.4 Å². The van der Waals surface area contributed by atoms with Crippen LogP contribution < -0.4 is 5.32 Å². The van der Waals surface area contributed by atoms with E-state index in [2.05, 4.69) is 11.4 Å². The Hall–Kier alpha value is -1.34. The molecule has 0 aliphatic carbocycles. The third-order valence-corrected chi connectivity index (χ3v) is 4.17. The van der Waals surface area contributed by atoms with E-state index in [1.807, 2.05) is 42.5 Å². The first kappa shape index (κ1) is 14.1. The van der Waals surface area contributed by atoms with Crippen LogP contribution >= 0.6 is 22.9 Å². The van der Waals surface area contributed by atoms with Crippen molar-refractivity contribution in [3.63, 3.8) is 0 Å². The molecule has 19 heavy (non-hydrogen) atoms. The lowest BCUT2D eigenvalue weighted by atomic mass is 10.0. The van der Waals surface area contributed by atoms with Gasteiger partial charge in [-0.15, -0.1) is 11.3 Å². The molecule has 2 aromatic rings. The second-order valence-corrected chi connectivity index (χ2v) is 6.05. The Balaban J connectivity index is 1.77. The summed E-state index contributed by atoms with van der Waals surface area (Å²) in [4.78, 5) is 1.27. The standard InChI is InChI=1S/C15H15ClN2S/c16-15-7-6-14(19-15)8-9-18-11-13(10-17)12-4-2-1-3-5-12/h1-7,13,18H,8-9,11H2. The van der Waals surface area contributed by atoms with Crippen LogP contribution in [-0.4, -0.2) is 13.1 Å². The molecule has 2 rings (SSSR count). The highest BCUT2D eigenvalue weighted by Gasteiger charge is 2.09. The molecule has 0 aliphatic heterocycles. The summed E-state index contributed by atoms with van der Waals surface area (Å²) in [5, 5.41) is 12.5. The highest BCUT2D eigenvalue weighted by atomic mass is 35.5. The molecule has 1 atom stereocenters. The predicted octanol–water partition coefficient (Wildman–Crippen LogP) is 3.84. The summed E-state index contributed by atoms with van der Waals surface area (Å²) in [6, 6.07) is 16.2. The number of benzene rings is 1. The third-order valence-electron chi connectivity index (χ3n) is 2.88. The van der Waals surface area contributed by atoms with E-state index in [4.69, 9.17) is 11.6 Å². The van der Waals surface area contributed by atoms with Crippen LogP contribution in [0.25, 0.3) is 0 Å². The van der Waals surface area contributed by atoms with Crippen LogP contribution in [0, 0.1) is 11.3 Å². The first-order valence-corrected chi connectivity index (χ1v) is 7.38. The zero-order valence-corrected chi connectivity index (χ0v) is 12.0. The van der Waals surface area contributed by atoms with Crippen molar-refractivity contribution in [3.05, 3.63) is 57.2 Å². The zero-order chi connectivity index (χ0) is 13.5. The van der Waals surface area contributed by atoms with E-state index < -0.39 is 0 Å². The number of hydrogen-bond acceptors (Lipinski definition) is 3. The molecule has 0 saturated heterocycles. The second kappa shape index (κ2) is 7.30. The quantitative estimate of drug-likeness (QED) is 0.821. The highest BCUT2D eigenvalue weighted by Crippen LogP contribution is 2.21. The molecule has 1 unspecified atom stereocenters. The van der Waals surface area contributed by atoms with Crippen LogP contribution in [-0.2, 0) is 6.42 Å². The molecule has 1 heterocycles. The Bertz CT molecular complexity index is 545. The lowest BCUT2D eigenvalue weighted by molar-refractivity contribution is 0.652. The second-order valence-electron chi connectivity index (χ2n) is 4.25. The molecule has 0 bridgehead atoms. The van der Waals surface area contributed by atoms with E-state index in [0.29, 0.717) is 6.54 Å². The van der Waals surface area contributed by atoms with Crippen molar-refractivity contribution in [1.82, 2.24) is 5.32 Å². The van der Waals surface area contributed by atoms with Gasteiger partial charge in [0.05, 0.1) is 16.3 Å². The topological polar surface area (TPSA) is 35.8 Å². The smallest absolute Gasteiger partial charge is 0.0931 e. The molecule has 1 aromatic carbocycles. The van der Waals surface area contributed by atoms with Crippen molar-refractivity contribution < 1.29 is 0 Å². The fourth-order valence-corrected chi connectivity index (χ4v) is 2.95.